The molecule has 156 valence electrons. The maximum Gasteiger partial charge on any atom is 0.271 e. The maximum atomic E-state index is 12.2. The third-order valence-electron chi connectivity index (χ3n) is 4.65. The lowest BCUT2D eigenvalue weighted by Gasteiger charge is -2.12. The van der Waals surface area contributed by atoms with Gasteiger partial charge in [-0.2, -0.15) is 0 Å². The Morgan fingerprint density at radius 1 is 1.19 bits per heavy atom. The second kappa shape index (κ2) is 7.84. The lowest BCUT2D eigenvalue weighted by atomic mass is 10.1. The van der Waals surface area contributed by atoms with Crippen LogP contribution in [0.3, 0.4) is 0 Å². The fourth-order valence-electron chi connectivity index (χ4n) is 3.21. The summed E-state index contributed by atoms with van der Waals surface area (Å²) in [5, 5.41) is 33.6. The molecule has 4 rings (SSSR count). The highest BCUT2D eigenvalue weighted by Crippen LogP contribution is 2.35. The van der Waals surface area contributed by atoms with E-state index < -0.39 is 10.7 Å². The van der Waals surface area contributed by atoms with Gasteiger partial charge in [0.2, 0.25) is 5.89 Å². The number of hydrogen-bond acceptors (Lipinski definition) is 7. The van der Waals surface area contributed by atoms with Crippen LogP contribution in [-0.2, 0) is 0 Å². The molecule has 31 heavy (non-hydrogen) atoms. The van der Waals surface area contributed by atoms with Gasteiger partial charge in [-0.05, 0) is 54.8 Å². The first kappa shape index (κ1) is 20.5. The van der Waals surface area contributed by atoms with E-state index in [0.717, 1.165) is 23.3 Å². The van der Waals surface area contributed by atoms with Crippen LogP contribution in [-0.4, -0.2) is 21.2 Å². The summed E-state index contributed by atoms with van der Waals surface area (Å²) in [5.74, 6) is -0.221. The van der Waals surface area contributed by atoms with Gasteiger partial charge in [0, 0.05) is 22.8 Å². The van der Waals surface area contributed by atoms with Crippen LogP contribution in [0, 0.1) is 24.0 Å². The molecule has 0 saturated carbocycles. The van der Waals surface area contributed by atoms with Crippen LogP contribution in [0.25, 0.3) is 22.6 Å². The van der Waals surface area contributed by atoms with Crippen molar-refractivity contribution in [1.29, 1.82) is 0 Å². The van der Waals surface area contributed by atoms with Gasteiger partial charge in [-0.1, -0.05) is 27.7 Å². The van der Waals surface area contributed by atoms with Gasteiger partial charge in [0.15, 0.2) is 5.58 Å². The second-order valence-electron chi connectivity index (χ2n) is 7.01. The van der Waals surface area contributed by atoms with Gasteiger partial charge in [0.25, 0.3) is 5.69 Å². The van der Waals surface area contributed by atoms with E-state index in [1.54, 1.807) is 12.1 Å². The molecule has 0 bridgehead atoms. The Kier molecular flexibility index (Phi) is 5.20. The predicted octanol–water partition coefficient (Wildman–Crippen LogP) is 5.31. The SMILES string of the molecule is Cc1cc(C)c2oc(-c3cc(N=Cc4cc([N+](=O)[O-])cc(Br)c4[O-])ccc3O)nc2c1. The number of fused-ring (bicyclic) bond motifs is 1. The summed E-state index contributed by atoms with van der Waals surface area (Å²) in [7, 11) is 0. The van der Waals surface area contributed by atoms with Crippen LogP contribution in [0.1, 0.15) is 16.7 Å². The van der Waals surface area contributed by atoms with Gasteiger partial charge in [-0.3, -0.25) is 15.1 Å². The first-order valence-corrected chi connectivity index (χ1v) is 9.92. The fraction of sp³-hybridized carbons (Fsp3) is 0.0909. The van der Waals surface area contributed by atoms with Crippen LogP contribution in [0.2, 0.25) is 0 Å². The third-order valence-corrected chi connectivity index (χ3v) is 5.24. The number of oxazole rings is 1. The lowest BCUT2D eigenvalue weighted by molar-refractivity contribution is -0.385. The van der Waals surface area contributed by atoms with E-state index in [1.807, 2.05) is 26.0 Å². The fourth-order valence-corrected chi connectivity index (χ4v) is 3.68. The first-order chi connectivity index (χ1) is 14.7. The van der Waals surface area contributed by atoms with E-state index in [9.17, 15) is 20.3 Å². The van der Waals surface area contributed by atoms with Crippen LogP contribution in [0.5, 0.6) is 11.5 Å². The van der Waals surface area contributed by atoms with Crippen molar-refractivity contribution in [3.05, 3.63) is 73.7 Å². The summed E-state index contributed by atoms with van der Waals surface area (Å²) in [6.45, 7) is 3.88. The quantitative estimate of drug-likeness (QED) is 0.239. The molecule has 1 heterocycles. The highest BCUT2D eigenvalue weighted by atomic mass is 79.9. The normalized spacial score (nSPS) is 11.5. The molecule has 8 nitrogen and oxygen atoms in total. The first-order valence-electron chi connectivity index (χ1n) is 9.13. The molecule has 0 spiro atoms. The molecule has 9 heteroatoms. The average Bonchev–Trinajstić information content (AvgIpc) is 3.14. The molecule has 0 atom stereocenters. The molecule has 3 aromatic carbocycles. The molecular formula is C22H15BrN3O5-. The number of aromatic nitrogens is 1. The number of non-ortho nitro benzene ring substituents is 1. The molecule has 0 aliphatic carbocycles. The monoisotopic (exact) mass is 480 g/mol. The molecule has 0 fully saturated rings. The van der Waals surface area contributed by atoms with Crippen molar-refractivity contribution in [2.24, 2.45) is 4.99 Å². The highest BCUT2D eigenvalue weighted by Gasteiger charge is 2.15. The summed E-state index contributed by atoms with van der Waals surface area (Å²) in [6.07, 6.45) is 1.25. The number of phenols is 1. The smallest absolute Gasteiger partial charge is 0.271 e. The van der Waals surface area contributed by atoms with E-state index >= 15 is 0 Å². The van der Waals surface area contributed by atoms with Gasteiger partial charge >= 0.3 is 0 Å². The van der Waals surface area contributed by atoms with Gasteiger partial charge in [-0.15, -0.1) is 0 Å². The summed E-state index contributed by atoms with van der Waals surface area (Å²) >= 11 is 3.04. The summed E-state index contributed by atoms with van der Waals surface area (Å²) in [4.78, 5) is 19.2. The Bertz CT molecular complexity index is 1380. The van der Waals surface area contributed by atoms with Crippen LogP contribution in [0.4, 0.5) is 11.4 Å². The Labute approximate surface area is 184 Å². The molecule has 0 amide bonds. The number of nitro benzene ring substituents is 1. The number of rotatable bonds is 4. The van der Waals surface area contributed by atoms with E-state index in [2.05, 4.69) is 25.9 Å². The zero-order valence-electron chi connectivity index (χ0n) is 16.4. The lowest BCUT2D eigenvalue weighted by Crippen LogP contribution is -1.99. The zero-order valence-corrected chi connectivity index (χ0v) is 18.0. The predicted molar refractivity (Wildman–Crippen MR) is 118 cm³/mol. The van der Waals surface area contributed by atoms with E-state index in [1.165, 1.54) is 12.3 Å². The summed E-state index contributed by atoms with van der Waals surface area (Å²) in [6, 6.07) is 10.7. The van der Waals surface area contributed by atoms with Crippen LogP contribution in [0.15, 0.2) is 56.3 Å². The van der Waals surface area contributed by atoms with Crippen molar-refractivity contribution in [1.82, 2.24) is 4.98 Å². The zero-order chi connectivity index (χ0) is 22.3. The van der Waals surface area contributed by atoms with Crippen molar-refractivity contribution in [3.63, 3.8) is 0 Å². The number of nitrogens with zero attached hydrogens (tertiary/aromatic N) is 3. The van der Waals surface area contributed by atoms with Crippen molar-refractivity contribution in [2.75, 3.05) is 0 Å². The van der Waals surface area contributed by atoms with Crippen LogP contribution >= 0.6 is 15.9 Å². The number of aliphatic imine (C=N–C) groups is 1. The number of aromatic hydroxyl groups is 1. The Balaban J connectivity index is 1.74. The number of hydrogen-bond donors (Lipinski definition) is 1. The van der Waals surface area contributed by atoms with Crippen molar-refractivity contribution in [3.8, 4) is 23.0 Å². The Morgan fingerprint density at radius 3 is 2.71 bits per heavy atom. The second-order valence-corrected chi connectivity index (χ2v) is 7.87. The van der Waals surface area contributed by atoms with Gasteiger partial charge in [0.1, 0.15) is 11.3 Å². The maximum absolute atomic E-state index is 12.2. The summed E-state index contributed by atoms with van der Waals surface area (Å²) < 4.78 is 5.94. The third kappa shape index (κ3) is 3.99. The molecular weight excluding hydrogens is 466 g/mol. The van der Waals surface area contributed by atoms with Crippen molar-refractivity contribution >= 4 is 44.6 Å². The number of phenolic OH excluding ortho intramolecular Hbond substituents is 1. The van der Waals surface area contributed by atoms with Crippen molar-refractivity contribution in [2.45, 2.75) is 13.8 Å². The molecule has 0 unspecified atom stereocenters. The number of benzene rings is 3. The standard InChI is InChI=1S/C22H16BrN3O5/c1-11-5-12(2)21-18(6-11)25-22(31-21)16-8-14(3-4-19(16)27)24-10-13-7-15(26(29)30)9-17(23)20(13)28/h3-10,27-28H,1-2H3/p-1. The van der Waals surface area contributed by atoms with E-state index in [0.29, 0.717) is 22.4 Å². The van der Waals surface area contributed by atoms with E-state index in [4.69, 9.17) is 4.42 Å². The molecule has 4 aromatic rings. The number of halogens is 1. The minimum absolute atomic E-state index is 0.0394. The number of aryl methyl sites for hydroxylation is 2. The van der Waals surface area contributed by atoms with Crippen LogP contribution < -0.4 is 5.11 Å². The highest BCUT2D eigenvalue weighted by molar-refractivity contribution is 9.10. The molecule has 0 radical (unpaired) electrons. The Hall–Kier alpha value is -3.72. The van der Waals surface area contributed by atoms with E-state index in [-0.39, 0.29) is 27.4 Å². The summed E-state index contributed by atoms with van der Waals surface area (Å²) in [5.41, 5.74) is 3.87. The molecule has 1 aromatic heterocycles. The van der Waals surface area contributed by atoms with Gasteiger partial charge < -0.3 is 14.6 Å². The molecule has 0 aliphatic rings. The largest absolute Gasteiger partial charge is 0.871 e. The minimum Gasteiger partial charge on any atom is -0.871 e. The topological polar surface area (TPSA) is 125 Å². The molecule has 0 saturated heterocycles. The minimum atomic E-state index is -0.586. The van der Waals surface area contributed by atoms with Crippen molar-refractivity contribution < 1.29 is 19.6 Å². The number of nitro groups is 1. The molecule has 0 aliphatic heterocycles. The van der Waals surface area contributed by atoms with Gasteiger partial charge in [-0.25, -0.2) is 4.98 Å². The molecule has 1 N–H and O–H groups in total. The Morgan fingerprint density at radius 2 is 1.97 bits per heavy atom. The van der Waals surface area contributed by atoms with Gasteiger partial charge in [0.05, 0.1) is 16.2 Å². The average molecular weight is 481 g/mol.